The Kier molecular flexibility index (Phi) is 3.69. The number of para-hydroxylation sites is 1. The van der Waals surface area contributed by atoms with E-state index in [1.165, 1.54) is 18.0 Å². The first kappa shape index (κ1) is 12.4. The van der Waals surface area contributed by atoms with Crippen LogP contribution in [0.4, 0.5) is 0 Å². The average molecular weight is 267 g/mol. The molecule has 0 spiro atoms. The van der Waals surface area contributed by atoms with Crippen LogP contribution in [0.15, 0.2) is 41.4 Å². The van der Waals surface area contributed by atoms with E-state index in [1.807, 2.05) is 36.4 Å². The van der Waals surface area contributed by atoms with Gasteiger partial charge in [-0.2, -0.15) is 0 Å². The Balaban J connectivity index is 2.09. The van der Waals surface area contributed by atoms with Crippen molar-refractivity contribution in [3.63, 3.8) is 0 Å². The fraction of sp³-hybridized carbons (Fsp3) is 0.250. The van der Waals surface area contributed by atoms with Crippen LogP contribution in [0.2, 0.25) is 0 Å². The summed E-state index contributed by atoms with van der Waals surface area (Å²) >= 11 is 1.47. The van der Waals surface area contributed by atoms with Crippen molar-refractivity contribution in [2.45, 2.75) is 5.03 Å². The number of aromatic nitrogens is 1. The van der Waals surface area contributed by atoms with Crippen LogP contribution in [0.1, 0.15) is 0 Å². The molecule has 0 aliphatic carbocycles. The maximum Gasteiger partial charge on any atom is 0.148 e. The molecule has 0 saturated heterocycles. The van der Waals surface area contributed by atoms with Crippen molar-refractivity contribution in [1.29, 1.82) is 0 Å². The van der Waals surface area contributed by atoms with E-state index in [4.69, 9.17) is 0 Å². The summed E-state index contributed by atoms with van der Waals surface area (Å²) in [4.78, 5) is 4.46. The molecule has 17 heavy (non-hydrogen) atoms. The Labute approximate surface area is 105 Å². The first-order valence-electron chi connectivity index (χ1n) is 5.21. The Morgan fingerprint density at radius 2 is 1.94 bits per heavy atom. The van der Waals surface area contributed by atoms with E-state index in [-0.39, 0.29) is 5.75 Å². The van der Waals surface area contributed by atoms with E-state index < -0.39 is 9.84 Å². The van der Waals surface area contributed by atoms with Gasteiger partial charge in [0, 0.05) is 17.4 Å². The lowest BCUT2D eigenvalue weighted by Crippen LogP contribution is -2.05. The normalized spacial score (nSPS) is 11.8. The summed E-state index contributed by atoms with van der Waals surface area (Å²) in [6.07, 6.45) is 1.25. The molecule has 0 aliphatic heterocycles. The fourth-order valence-corrected chi connectivity index (χ4v) is 3.51. The highest BCUT2D eigenvalue weighted by Gasteiger charge is 2.03. The molecular weight excluding hydrogens is 254 g/mol. The van der Waals surface area contributed by atoms with Crippen molar-refractivity contribution in [2.24, 2.45) is 0 Å². The quantitative estimate of drug-likeness (QED) is 0.798. The number of benzene rings is 1. The van der Waals surface area contributed by atoms with Gasteiger partial charge < -0.3 is 0 Å². The van der Waals surface area contributed by atoms with Gasteiger partial charge in [0.1, 0.15) is 9.84 Å². The maximum atomic E-state index is 11.0. The highest BCUT2D eigenvalue weighted by atomic mass is 32.2. The molecule has 1 heterocycles. The second-order valence-corrected chi connectivity index (χ2v) is 7.20. The molecule has 0 unspecified atom stereocenters. The van der Waals surface area contributed by atoms with Crippen molar-refractivity contribution >= 4 is 32.5 Å². The summed E-state index contributed by atoms with van der Waals surface area (Å²) in [6, 6.07) is 11.8. The average Bonchev–Trinajstić information content (AvgIpc) is 2.27. The number of hydrogen-bond donors (Lipinski definition) is 0. The number of rotatable bonds is 4. The SMILES string of the molecule is CS(=O)(=O)CCSc1ccc2ccccc2n1. The van der Waals surface area contributed by atoms with E-state index >= 15 is 0 Å². The predicted octanol–water partition coefficient (Wildman–Crippen LogP) is 2.37. The molecule has 5 heteroatoms. The molecule has 0 aliphatic rings. The fourth-order valence-electron chi connectivity index (χ4n) is 1.43. The zero-order valence-electron chi connectivity index (χ0n) is 9.46. The molecule has 2 aromatic rings. The summed E-state index contributed by atoms with van der Waals surface area (Å²) in [5.41, 5.74) is 0.942. The molecule has 0 N–H and O–H groups in total. The van der Waals surface area contributed by atoms with Crippen LogP contribution < -0.4 is 0 Å². The Bertz CT molecular complexity index is 623. The molecule has 3 nitrogen and oxygen atoms in total. The monoisotopic (exact) mass is 267 g/mol. The third kappa shape index (κ3) is 3.71. The zero-order chi connectivity index (χ0) is 12.3. The van der Waals surface area contributed by atoms with Gasteiger partial charge in [-0.25, -0.2) is 13.4 Å². The molecule has 0 bridgehead atoms. The molecule has 0 fully saturated rings. The van der Waals surface area contributed by atoms with Crippen LogP contribution in [0.3, 0.4) is 0 Å². The molecule has 1 aromatic carbocycles. The van der Waals surface area contributed by atoms with Gasteiger partial charge in [-0.1, -0.05) is 24.3 Å². The molecule has 0 amide bonds. The van der Waals surface area contributed by atoms with Gasteiger partial charge in [-0.05, 0) is 12.1 Å². The number of nitrogens with zero attached hydrogens (tertiary/aromatic N) is 1. The van der Waals surface area contributed by atoms with Gasteiger partial charge in [-0.3, -0.25) is 0 Å². The number of sulfone groups is 1. The maximum absolute atomic E-state index is 11.0. The standard InChI is InChI=1S/C12H13NO2S2/c1-17(14,15)9-8-16-12-7-6-10-4-2-3-5-11(10)13-12/h2-7H,8-9H2,1H3. The molecule has 1 aromatic heterocycles. The topological polar surface area (TPSA) is 47.0 Å². The van der Waals surface area contributed by atoms with Gasteiger partial charge in [-0.15, -0.1) is 11.8 Å². The summed E-state index contributed by atoms with van der Waals surface area (Å²) in [5, 5.41) is 1.97. The van der Waals surface area contributed by atoms with Crippen molar-refractivity contribution in [3.05, 3.63) is 36.4 Å². The van der Waals surface area contributed by atoms with Crippen LogP contribution in [0, 0.1) is 0 Å². The molecule has 0 saturated carbocycles. The van der Waals surface area contributed by atoms with E-state index in [2.05, 4.69) is 4.98 Å². The Hall–Kier alpha value is -1.07. The zero-order valence-corrected chi connectivity index (χ0v) is 11.1. The van der Waals surface area contributed by atoms with Crippen LogP contribution >= 0.6 is 11.8 Å². The van der Waals surface area contributed by atoms with Crippen molar-refractivity contribution in [1.82, 2.24) is 4.98 Å². The third-order valence-electron chi connectivity index (χ3n) is 2.28. The van der Waals surface area contributed by atoms with Gasteiger partial charge >= 0.3 is 0 Å². The minimum atomic E-state index is -2.89. The highest BCUT2D eigenvalue weighted by Crippen LogP contribution is 2.19. The van der Waals surface area contributed by atoms with Gasteiger partial charge in [0.25, 0.3) is 0 Å². The molecular formula is C12H13NO2S2. The summed E-state index contributed by atoms with van der Waals surface area (Å²) in [5.74, 6) is 0.732. The van der Waals surface area contributed by atoms with E-state index in [9.17, 15) is 8.42 Å². The Morgan fingerprint density at radius 3 is 2.71 bits per heavy atom. The molecule has 0 atom stereocenters. The van der Waals surface area contributed by atoms with Gasteiger partial charge in [0.15, 0.2) is 0 Å². The first-order chi connectivity index (χ1) is 8.04. The van der Waals surface area contributed by atoms with Gasteiger partial charge in [0.05, 0.1) is 16.3 Å². The third-order valence-corrected chi connectivity index (χ3v) is 4.41. The summed E-state index contributed by atoms with van der Waals surface area (Å²) in [7, 11) is -2.89. The second-order valence-electron chi connectivity index (χ2n) is 3.82. The minimum Gasteiger partial charge on any atom is -0.241 e. The summed E-state index contributed by atoms with van der Waals surface area (Å²) in [6.45, 7) is 0. The molecule has 90 valence electrons. The van der Waals surface area contributed by atoms with Crippen molar-refractivity contribution < 1.29 is 8.42 Å². The van der Waals surface area contributed by atoms with Crippen LogP contribution in [-0.2, 0) is 9.84 Å². The summed E-state index contributed by atoms with van der Waals surface area (Å²) < 4.78 is 22.0. The smallest absolute Gasteiger partial charge is 0.148 e. The van der Waals surface area contributed by atoms with Crippen molar-refractivity contribution in [3.8, 4) is 0 Å². The number of hydrogen-bond acceptors (Lipinski definition) is 4. The van der Waals surface area contributed by atoms with Crippen LogP contribution in [0.25, 0.3) is 10.9 Å². The van der Waals surface area contributed by atoms with Gasteiger partial charge in [0.2, 0.25) is 0 Å². The number of pyridine rings is 1. The predicted molar refractivity (Wildman–Crippen MR) is 72.2 cm³/mol. The highest BCUT2D eigenvalue weighted by molar-refractivity contribution is 8.00. The first-order valence-corrected chi connectivity index (χ1v) is 8.25. The second kappa shape index (κ2) is 5.06. The number of fused-ring (bicyclic) bond motifs is 1. The minimum absolute atomic E-state index is 0.187. The van der Waals surface area contributed by atoms with E-state index in [1.54, 1.807) is 0 Å². The van der Waals surface area contributed by atoms with Crippen LogP contribution in [-0.4, -0.2) is 31.2 Å². The largest absolute Gasteiger partial charge is 0.241 e. The van der Waals surface area contributed by atoms with E-state index in [0.29, 0.717) is 5.75 Å². The Morgan fingerprint density at radius 1 is 1.18 bits per heavy atom. The lowest BCUT2D eigenvalue weighted by Gasteiger charge is -2.02. The molecule has 0 radical (unpaired) electrons. The lowest BCUT2D eigenvalue weighted by molar-refractivity contribution is 0.603. The van der Waals surface area contributed by atoms with Crippen LogP contribution in [0.5, 0.6) is 0 Å². The van der Waals surface area contributed by atoms with Crippen molar-refractivity contribution in [2.75, 3.05) is 17.8 Å². The van der Waals surface area contributed by atoms with E-state index in [0.717, 1.165) is 15.9 Å². The lowest BCUT2D eigenvalue weighted by atomic mass is 10.2. The number of thioether (sulfide) groups is 1. The molecule has 2 rings (SSSR count).